The molecule has 1 unspecified atom stereocenters. The maximum atomic E-state index is 12.6. The first kappa shape index (κ1) is 23.4. The second-order valence-corrected chi connectivity index (χ2v) is 9.00. The maximum Gasteiger partial charge on any atom is 0.326 e. The summed E-state index contributed by atoms with van der Waals surface area (Å²) in [5.74, 6) is 1.33. The molecule has 1 fully saturated rings. The number of urea groups is 1. The Kier molecular flexibility index (Phi) is 7.08. The van der Waals surface area contributed by atoms with Gasteiger partial charge < -0.3 is 9.64 Å². The van der Waals surface area contributed by atoms with Crippen molar-refractivity contribution in [1.82, 2.24) is 24.8 Å². The lowest BCUT2D eigenvalue weighted by atomic mass is 10.1. The van der Waals surface area contributed by atoms with Gasteiger partial charge in [0.1, 0.15) is 22.3 Å². The molecule has 0 aliphatic carbocycles. The van der Waals surface area contributed by atoms with Crippen LogP contribution >= 0.6 is 11.3 Å². The molecule has 36 heavy (non-hydrogen) atoms. The van der Waals surface area contributed by atoms with Crippen molar-refractivity contribution in [2.24, 2.45) is 5.92 Å². The highest BCUT2D eigenvalue weighted by Gasteiger charge is 2.28. The van der Waals surface area contributed by atoms with Crippen molar-refractivity contribution in [3.8, 4) is 16.5 Å². The molecule has 3 amide bonds. The summed E-state index contributed by atoms with van der Waals surface area (Å²) in [7, 11) is 0. The number of aromatic nitrogens is 4. The van der Waals surface area contributed by atoms with E-state index in [-0.39, 0.29) is 11.8 Å². The summed E-state index contributed by atoms with van der Waals surface area (Å²) in [5, 5.41) is 7.97. The lowest BCUT2D eigenvalue weighted by molar-refractivity contribution is 0.0777. The van der Waals surface area contributed by atoms with Crippen molar-refractivity contribution >= 4 is 34.9 Å². The van der Waals surface area contributed by atoms with Gasteiger partial charge in [-0.05, 0) is 36.8 Å². The first-order valence-corrected chi connectivity index (χ1v) is 12.3. The van der Waals surface area contributed by atoms with Gasteiger partial charge in [0.2, 0.25) is 5.88 Å². The fraction of sp³-hybridized carbons (Fsp3) is 0.200. The maximum absolute atomic E-state index is 12.6. The van der Waals surface area contributed by atoms with Crippen LogP contribution in [0.25, 0.3) is 10.6 Å². The van der Waals surface area contributed by atoms with Crippen molar-refractivity contribution < 1.29 is 14.3 Å². The number of nitrogens with zero attached hydrogens (tertiary/aromatic N) is 5. The van der Waals surface area contributed by atoms with Crippen LogP contribution in [0, 0.1) is 5.92 Å². The summed E-state index contributed by atoms with van der Waals surface area (Å²) in [6.07, 6.45) is 5.85. The molecule has 1 saturated heterocycles. The van der Waals surface area contributed by atoms with Crippen molar-refractivity contribution in [2.75, 3.05) is 30.3 Å². The zero-order valence-electron chi connectivity index (χ0n) is 19.2. The van der Waals surface area contributed by atoms with E-state index < -0.39 is 6.03 Å². The Balaban J connectivity index is 1.11. The van der Waals surface area contributed by atoms with Crippen LogP contribution in [-0.2, 0) is 0 Å². The highest BCUT2D eigenvalue weighted by molar-refractivity contribution is 7.13. The van der Waals surface area contributed by atoms with Crippen LogP contribution in [-0.4, -0.2) is 56.5 Å². The molecule has 11 heteroatoms. The molecular formula is C25H23N7O3S. The van der Waals surface area contributed by atoms with Crippen LogP contribution in [0.15, 0.2) is 72.5 Å². The summed E-state index contributed by atoms with van der Waals surface area (Å²) in [4.78, 5) is 43.7. The first-order chi connectivity index (χ1) is 17.6. The number of carbonyl (C=O) groups is 2. The molecule has 4 aromatic rings. The van der Waals surface area contributed by atoms with Crippen LogP contribution in [0.5, 0.6) is 5.88 Å². The number of amides is 3. The van der Waals surface area contributed by atoms with E-state index >= 15 is 0 Å². The third-order valence-electron chi connectivity index (χ3n) is 5.56. The molecule has 5 heterocycles. The number of likely N-dealkylation sites (tertiary alicyclic amines) is 1. The van der Waals surface area contributed by atoms with Gasteiger partial charge in [0, 0.05) is 54.6 Å². The van der Waals surface area contributed by atoms with Gasteiger partial charge in [0.05, 0.1) is 6.61 Å². The number of anilines is 2. The normalized spacial score (nSPS) is 14.9. The standard InChI is InChI=1S/C25H23N7O3S/c33-24(19-4-1-2-10-27-19)32-13-9-17(14-32)15-35-22-6-3-5-20(28-22)30-25(34)31-21-16-36-23(29-21)18-7-11-26-12-8-18/h1-8,10-12,16-17H,9,13-15H2,(H2,28,30,31,34). The average molecular weight is 502 g/mol. The lowest BCUT2D eigenvalue weighted by Crippen LogP contribution is -2.30. The van der Waals surface area contributed by atoms with Crippen molar-refractivity contribution in [3.63, 3.8) is 0 Å². The number of carbonyl (C=O) groups excluding carboxylic acids is 2. The highest BCUT2D eigenvalue weighted by Crippen LogP contribution is 2.25. The van der Waals surface area contributed by atoms with E-state index in [9.17, 15) is 9.59 Å². The van der Waals surface area contributed by atoms with Gasteiger partial charge >= 0.3 is 6.03 Å². The zero-order valence-corrected chi connectivity index (χ0v) is 20.0. The van der Waals surface area contributed by atoms with Crippen LogP contribution in [0.3, 0.4) is 0 Å². The number of nitrogens with one attached hydrogen (secondary N) is 2. The lowest BCUT2D eigenvalue weighted by Gasteiger charge is -2.16. The molecule has 1 atom stereocenters. The van der Waals surface area contributed by atoms with Crippen LogP contribution in [0.4, 0.5) is 16.4 Å². The van der Waals surface area contributed by atoms with Gasteiger partial charge in [-0.2, -0.15) is 4.98 Å². The zero-order chi connectivity index (χ0) is 24.7. The van der Waals surface area contributed by atoms with E-state index in [1.54, 1.807) is 65.3 Å². The SMILES string of the molecule is O=C(Nc1cccc(OCC2CCN(C(=O)c3ccccn3)C2)n1)Nc1csc(-c2ccncc2)n1. The van der Waals surface area contributed by atoms with Gasteiger partial charge in [-0.3, -0.25) is 25.4 Å². The minimum atomic E-state index is -0.453. The number of ether oxygens (including phenoxy) is 1. The molecule has 0 radical (unpaired) electrons. The largest absolute Gasteiger partial charge is 0.477 e. The number of thiazole rings is 1. The number of hydrogen-bond acceptors (Lipinski definition) is 8. The Morgan fingerprint density at radius 3 is 2.69 bits per heavy atom. The molecule has 0 saturated carbocycles. The quantitative estimate of drug-likeness (QED) is 0.389. The van der Waals surface area contributed by atoms with E-state index in [0.717, 1.165) is 17.0 Å². The number of hydrogen-bond donors (Lipinski definition) is 2. The molecule has 4 aromatic heterocycles. The Labute approximate surface area is 211 Å². The van der Waals surface area contributed by atoms with Gasteiger partial charge in [-0.1, -0.05) is 12.1 Å². The predicted octanol–water partition coefficient (Wildman–Crippen LogP) is 4.18. The van der Waals surface area contributed by atoms with Crippen molar-refractivity contribution in [3.05, 3.63) is 78.2 Å². The molecule has 10 nitrogen and oxygen atoms in total. The minimum Gasteiger partial charge on any atom is -0.477 e. The smallest absolute Gasteiger partial charge is 0.326 e. The second-order valence-electron chi connectivity index (χ2n) is 8.15. The summed E-state index contributed by atoms with van der Waals surface area (Å²) in [5.41, 5.74) is 1.38. The number of rotatable bonds is 7. The van der Waals surface area contributed by atoms with Crippen LogP contribution in [0.2, 0.25) is 0 Å². The van der Waals surface area contributed by atoms with E-state index in [1.807, 2.05) is 12.1 Å². The minimum absolute atomic E-state index is 0.0681. The monoisotopic (exact) mass is 501 g/mol. The summed E-state index contributed by atoms with van der Waals surface area (Å²) in [6, 6.07) is 13.8. The van der Waals surface area contributed by atoms with E-state index in [2.05, 4.69) is 30.6 Å². The Morgan fingerprint density at radius 1 is 1.00 bits per heavy atom. The molecule has 2 N–H and O–H groups in total. The van der Waals surface area contributed by atoms with Gasteiger partial charge in [0.15, 0.2) is 0 Å². The van der Waals surface area contributed by atoms with Crippen LogP contribution in [0.1, 0.15) is 16.9 Å². The van der Waals surface area contributed by atoms with Crippen molar-refractivity contribution in [2.45, 2.75) is 6.42 Å². The fourth-order valence-electron chi connectivity index (χ4n) is 3.79. The van der Waals surface area contributed by atoms with E-state index in [1.165, 1.54) is 11.3 Å². The fourth-order valence-corrected chi connectivity index (χ4v) is 4.55. The molecule has 1 aliphatic rings. The Morgan fingerprint density at radius 2 is 1.86 bits per heavy atom. The Hall–Kier alpha value is -4.38. The first-order valence-electron chi connectivity index (χ1n) is 11.4. The topological polar surface area (TPSA) is 122 Å². The molecular weight excluding hydrogens is 478 g/mol. The van der Waals surface area contributed by atoms with Crippen molar-refractivity contribution in [1.29, 1.82) is 0 Å². The molecule has 0 bridgehead atoms. The van der Waals surface area contributed by atoms with E-state index in [0.29, 0.717) is 42.9 Å². The second kappa shape index (κ2) is 10.9. The van der Waals surface area contributed by atoms with Gasteiger partial charge in [-0.25, -0.2) is 9.78 Å². The third-order valence-corrected chi connectivity index (χ3v) is 6.45. The molecule has 182 valence electrons. The molecule has 1 aliphatic heterocycles. The highest BCUT2D eigenvalue weighted by atomic mass is 32.1. The van der Waals surface area contributed by atoms with Crippen LogP contribution < -0.4 is 15.4 Å². The average Bonchev–Trinajstić information content (AvgIpc) is 3.58. The Bertz CT molecular complexity index is 1330. The predicted molar refractivity (Wildman–Crippen MR) is 136 cm³/mol. The molecule has 0 spiro atoms. The third kappa shape index (κ3) is 5.81. The molecule has 0 aromatic carbocycles. The van der Waals surface area contributed by atoms with Gasteiger partial charge in [-0.15, -0.1) is 11.3 Å². The molecule has 5 rings (SSSR count). The summed E-state index contributed by atoms with van der Waals surface area (Å²) >= 11 is 1.43. The summed E-state index contributed by atoms with van der Waals surface area (Å²) < 4.78 is 5.86. The summed E-state index contributed by atoms with van der Waals surface area (Å²) in [6.45, 7) is 1.69. The van der Waals surface area contributed by atoms with E-state index in [4.69, 9.17) is 4.74 Å². The van der Waals surface area contributed by atoms with Gasteiger partial charge in [0.25, 0.3) is 5.91 Å². The number of pyridine rings is 3.